The number of piperidine rings is 1. The van der Waals surface area contributed by atoms with Crippen molar-refractivity contribution in [2.75, 3.05) is 31.1 Å². The lowest BCUT2D eigenvalue weighted by atomic mass is 10.0. The predicted molar refractivity (Wildman–Crippen MR) is 101 cm³/mol. The average molecular weight is 337 g/mol. The normalized spacial score (nSPS) is 22.4. The molecule has 1 N–H and O–H groups in total. The van der Waals surface area contributed by atoms with Crippen LogP contribution in [0.15, 0.2) is 48.8 Å². The SMILES string of the molecule is c1ccc(CN2CCC(NC3CCN(c4ncccn4)CC3)C2)cc1. The summed E-state index contributed by atoms with van der Waals surface area (Å²) in [4.78, 5) is 13.6. The minimum Gasteiger partial charge on any atom is -0.341 e. The molecule has 1 unspecified atom stereocenters. The first-order valence-corrected chi connectivity index (χ1v) is 9.41. The lowest BCUT2D eigenvalue weighted by Gasteiger charge is -2.33. The van der Waals surface area contributed by atoms with Gasteiger partial charge in [0.2, 0.25) is 5.95 Å². The van der Waals surface area contributed by atoms with Crippen molar-refractivity contribution in [1.29, 1.82) is 0 Å². The smallest absolute Gasteiger partial charge is 0.225 e. The maximum absolute atomic E-state index is 4.37. The minimum absolute atomic E-state index is 0.627. The summed E-state index contributed by atoms with van der Waals surface area (Å²) in [5.41, 5.74) is 1.42. The summed E-state index contributed by atoms with van der Waals surface area (Å²) >= 11 is 0. The summed E-state index contributed by atoms with van der Waals surface area (Å²) < 4.78 is 0. The zero-order chi connectivity index (χ0) is 16.9. The number of likely N-dealkylation sites (tertiary alicyclic amines) is 1. The van der Waals surface area contributed by atoms with Crippen molar-refractivity contribution in [3.05, 3.63) is 54.4 Å². The predicted octanol–water partition coefficient (Wildman–Crippen LogP) is 2.31. The van der Waals surface area contributed by atoms with Crippen LogP contribution in [0.3, 0.4) is 0 Å². The molecule has 4 rings (SSSR count). The largest absolute Gasteiger partial charge is 0.341 e. The van der Waals surface area contributed by atoms with E-state index in [1.807, 2.05) is 18.5 Å². The first-order valence-electron chi connectivity index (χ1n) is 9.41. The van der Waals surface area contributed by atoms with E-state index in [2.05, 4.69) is 55.4 Å². The van der Waals surface area contributed by atoms with Gasteiger partial charge >= 0.3 is 0 Å². The maximum atomic E-state index is 4.37. The van der Waals surface area contributed by atoms with E-state index in [1.165, 1.54) is 31.4 Å². The molecular weight excluding hydrogens is 310 g/mol. The highest BCUT2D eigenvalue weighted by Crippen LogP contribution is 2.19. The van der Waals surface area contributed by atoms with E-state index in [0.717, 1.165) is 32.1 Å². The van der Waals surface area contributed by atoms with Gasteiger partial charge in [-0.25, -0.2) is 9.97 Å². The van der Waals surface area contributed by atoms with E-state index in [-0.39, 0.29) is 0 Å². The van der Waals surface area contributed by atoms with E-state index >= 15 is 0 Å². The van der Waals surface area contributed by atoms with Gasteiger partial charge in [0.25, 0.3) is 0 Å². The van der Waals surface area contributed by atoms with Gasteiger partial charge in [0.05, 0.1) is 0 Å². The van der Waals surface area contributed by atoms with Gasteiger partial charge in [-0.05, 0) is 30.9 Å². The molecule has 2 aliphatic rings. The lowest BCUT2D eigenvalue weighted by Crippen LogP contribution is -2.47. The zero-order valence-electron chi connectivity index (χ0n) is 14.7. The van der Waals surface area contributed by atoms with Crippen LogP contribution < -0.4 is 10.2 Å². The molecule has 3 heterocycles. The molecule has 1 aromatic carbocycles. The molecule has 5 heteroatoms. The Morgan fingerprint density at radius 3 is 2.36 bits per heavy atom. The number of nitrogens with zero attached hydrogens (tertiary/aromatic N) is 4. The summed E-state index contributed by atoms with van der Waals surface area (Å²) in [7, 11) is 0. The van der Waals surface area contributed by atoms with E-state index in [1.54, 1.807) is 0 Å². The molecule has 0 saturated carbocycles. The Morgan fingerprint density at radius 2 is 1.60 bits per heavy atom. The van der Waals surface area contributed by atoms with Crippen molar-refractivity contribution >= 4 is 5.95 Å². The van der Waals surface area contributed by atoms with E-state index < -0.39 is 0 Å². The Morgan fingerprint density at radius 1 is 0.880 bits per heavy atom. The molecule has 2 aliphatic heterocycles. The van der Waals surface area contributed by atoms with Gasteiger partial charge in [0.15, 0.2) is 0 Å². The molecule has 1 atom stereocenters. The van der Waals surface area contributed by atoms with Gasteiger partial charge in [0.1, 0.15) is 0 Å². The number of nitrogens with one attached hydrogen (secondary N) is 1. The van der Waals surface area contributed by atoms with Gasteiger partial charge in [0, 0.05) is 57.2 Å². The highest BCUT2D eigenvalue weighted by Gasteiger charge is 2.27. The fourth-order valence-electron chi connectivity index (χ4n) is 3.99. The van der Waals surface area contributed by atoms with Crippen molar-refractivity contribution in [1.82, 2.24) is 20.2 Å². The standard InChI is InChI=1S/C20H27N5/c1-2-5-17(6-3-1)15-24-12-7-19(16-24)23-18-8-13-25(14-9-18)20-21-10-4-11-22-20/h1-6,10-11,18-19,23H,7-9,12-16H2. The molecule has 2 fully saturated rings. The quantitative estimate of drug-likeness (QED) is 0.907. The third-order valence-electron chi connectivity index (χ3n) is 5.32. The number of rotatable bonds is 5. The van der Waals surface area contributed by atoms with E-state index in [4.69, 9.17) is 0 Å². The molecule has 1 aromatic heterocycles. The van der Waals surface area contributed by atoms with E-state index in [0.29, 0.717) is 12.1 Å². The van der Waals surface area contributed by atoms with Crippen LogP contribution in [-0.2, 0) is 6.54 Å². The fourth-order valence-corrected chi connectivity index (χ4v) is 3.99. The van der Waals surface area contributed by atoms with E-state index in [9.17, 15) is 0 Å². The van der Waals surface area contributed by atoms with Crippen molar-refractivity contribution in [3.63, 3.8) is 0 Å². The molecular formula is C20H27N5. The summed E-state index contributed by atoms with van der Waals surface area (Å²) in [6.45, 7) is 5.52. The lowest BCUT2D eigenvalue weighted by molar-refractivity contribution is 0.306. The van der Waals surface area contributed by atoms with Crippen LogP contribution >= 0.6 is 0 Å². The number of aromatic nitrogens is 2. The number of anilines is 1. The maximum Gasteiger partial charge on any atom is 0.225 e. The molecule has 0 amide bonds. The molecule has 5 nitrogen and oxygen atoms in total. The number of hydrogen-bond donors (Lipinski definition) is 1. The first kappa shape index (κ1) is 16.5. The number of hydrogen-bond acceptors (Lipinski definition) is 5. The van der Waals surface area contributed by atoms with Gasteiger partial charge < -0.3 is 10.2 Å². The zero-order valence-corrected chi connectivity index (χ0v) is 14.7. The summed E-state index contributed by atoms with van der Waals surface area (Å²) in [6, 6.07) is 13.9. The average Bonchev–Trinajstić information content (AvgIpc) is 3.11. The first-order chi connectivity index (χ1) is 12.4. The highest BCUT2D eigenvalue weighted by atomic mass is 15.3. The Balaban J connectivity index is 1.22. The van der Waals surface area contributed by atoms with Crippen LogP contribution in [0.1, 0.15) is 24.8 Å². The Labute approximate surface area is 150 Å². The molecule has 2 saturated heterocycles. The van der Waals surface area contributed by atoms with Gasteiger partial charge in [-0.1, -0.05) is 30.3 Å². The summed E-state index contributed by atoms with van der Waals surface area (Å²) in [5.74, 6) is 0.871. The number of benzene rings is 1. The van der Waals surface area contributed by atoms with Crippen molar-refractivity contribution in [3.8, 4) is 0 Å². The van der Waals surface area contributed by atoms with Crippen molar-refractivity contribution in [2.45, 2.75) is 37.9 Å². The molecule has 25 heavy (non-hydrogen) atoms. The Hall–Kier alpha value is -1.98. The van der Waals surface area contributed by atoms with Crippen LogP contribution in [0.5, 0.6) is 0 Å². The monoisotopic (exact) mass is 337 g/mol. The Kier molecular flexibility index (Phi) is 5.23. The molecule has 0 aliphatic carbocycles. The molecule has 0 bridgehead atoms. The van der Waals surface area contributed by atoms with Crippen molar-refractivity contribution < 1.29 is 0 Å². The third-order valence-corrected chi connectivity index (χ3v) is 5.32. The molecule has 0 radical (unpaired) electrons. The van der Waals surface area contributed by atoms with Gasteiger partial charge in [-0.3, -0.25) is 4.90 Å². The molecule has 0 spiro atoms. The van der Waals surface area contributed by atoms with Crippen LogP contribution in [0.25, 0.3) is 0 Å². The Bertz CT molecular complexity index is 640. The van der Waals surface area contributed by atoms with Crippen LogP contribution in [0, 0.1) is 0 Å². The third kappa shape index (κ3) is 4.35. The second kappa shape index (κ2) is 7.93. The molecule has 2 aromatic rings. The van der Waals surface area contributed by atoms with Gasteiger partial charge in [-0.2, -0.15) is 0 Å². The summed E-state index contributed by atoms with van der Waals surface area (Å²) in [5, 5.41) is 3.90. The topological polar surface area (TPSA) is 44.3 Å². The van der Waals surface area contributed by atoms with Crippen LogP contribution in [0.4, 0.5) is 5.95 Å². The second-order valence-corrected chi connectivity index (χ2v) is 7.18. The van der Waals surface area contributed by atoms with Crippen LogP contribution in [0.2, 0.25) is 0 Å². The van der Waals surface area contributed by atoms with Crippen LogP contribution in [-0.4, -0.2) is 53.1 Å². The minimum atomic E-state index is 0.627. The fraction of sp³-hybridized carbons (Fsp3) is 0.500. The molecule has 132 valence electrons. The van der Waals surface area contributed by atoms with Crippen molar-refractivity contribution in [2.24, 2.45) is 0 Å². The highest BCUT2D eigenvalue weighted by molar-refractivity contribution is 5.29. The van der Waals surface area contributed by atoms with Gasteiger partial charge in [-0.15, -0.1) is 0 Å². The second-order valence-electron chi connectivity index (χ2n) is 7.18. The summed E-state index contributed by atoms with van der Waals surface area (Å²) in [6.07, 6.45) is 7.26.